The topological polar surface area (TPSA) is 205 Å². The summed E-state index contributed by atoms with van der Waals surface area (Å²) in [4.78, 5) is 63.5. The van der Waals surface area contributed by atoms with Gasteiger partial charge in [-0.05, 0) is 120 Å². The summed E-state index contributed by atoms with van der Waals surface area (Å²) in [6.07, 6.45) is 5.36. The van der Waals surface area contributed by atoms with E-state index in [1.54, 1.807) is 49.3 Å². The summed E-state index contributed by atoms with van der Waals surface area (Å²) >= 11 is 9.55. The fraction of sp³-hybridized carbons (Fsp3) is 0.0758. The van der Waals surface area contributed by atoms with E-state index < -0.39 is 29.0 Å². The van der Waals surface area contributed by atoms with Gasteiger partial charge in [-0.3, -0.25) is 29.4 Å². The summed E-state index contributed by atoms with van der Waals surface area (Å²) in [6.45, 7) is 5.65. The lowest BCUT2D eigenvalue weighted by Gasteiger charge is -2.18. The maximum Gasteiger partial charge on any atom is 0.490 e. The van der Waals surface area contributed by atoms with Gasteiger partial charge in [-0.1, -0.05) is 127 Å². The fourth-order valence-corrected chi connectivity index (χ4v) is 11.2. The Morgan fingerprint density at radius 2 is 0.747 bits per heavy atom. The van der Waals surface area contributed by atoms with Crippen molar-refractivity contribution in [3.05, 3.63) is 234 Å². The Morgan fingerprint density at radius 1 is 0.448 bits per heavy atom. The number of aromatic nitrogens is 3. The second kappa shape index (κ2) is 27.9. The summed E-state index contributed by atoms with van der Waals surface area (Å²) in [5.41, 5.74) is 14.4. The van der Waals surface area contributed by atoms with Crippen molar-refractivity contribution >= 4 is 133 Å². The van der Waals surface area contributed by atoms with E-state index in [1.807, 2.05) is 118 Å². The smallest absolute Gasteiger partial charge is 0.477 e. The van der Waals surface area contributed by atoms with Gasteiger partial charge in [0.1, 0.15) is 4.88 Å². The van der Waals surface area contributed by atoms with Crippen LogP contribution in [0.3, 0.4) is 0 Å². The van der Waals surface area contributed by atoms with Crippen molar-refractivity contribution in [2.24, 2.45) is 0 Å². The first-order chi connectivity index (χ1) is 41.7. The third kappa shape index (κ3) is 16.7. The summed E-state index contributed by atoms with van der Waals surface area (Å²) in [7, 11) is 0. The number of hydrogen-bond acceptors (Lipinski definition) is 14. The lowest BCUT2D eigenvalue weighted by molar-refractivity contribution is -0.192. The van der Waals surface area contributed by atoms with E-state index in [-0.39, 0.29) is 5.91 Å². The molecule has 6 aromatic heterocycles. The molecule has 12 rings (SSSR count). The summed E-state index contributed by atoms with van der Waals surface area (Å²) in [5, 5.41) is 28.7. The molecule has 87 heavy (non-hydrogen) atoms. The molecule has 438 valence electrons. The molecule has 6 aromatic carbocycles. The highest BCUT2D eigenvalue weighted by molar-refractivity contribution is 7.22. The lowest BCUT2D eigenvalue weighted by atomic mass is 10.1. The van der Waals surface area contributed by atoms with E-state index in [0.29, 0.717) is 14.6 Å². The average Bonchev–Trinajstić information content (AvgIpc) is 2.36. The Labute approximate surface area is 513 Å². The number of benzene rings is 6. The van der Waals surface area contributed by atoms with E-state index in [4.69, 9.17) is 26.3 Å². The van der Waals surface area contributed by atoms with Gasteiger partial charge in [0.15, 0.2) is 0 Å². The summed E-state index contributed by atoms with van der Waals surface area (Å²) in [6, 6.07) is 60.6. The Bertz CT molecular complexity index is 4160. The number of anilines is 6. The standard InChI is InChI=1S/C24H23N3O2S.C20H13ClN2OS.C20H14N2O2S.C2HF3O2/c1-24(2,3)29-27-23(28)21-13-19-20(14-25-15-22(19)30-21)26-18-11-9-17(10-12-18)16-7-5-4-6-8-16;21-20(24)18-10-16-17(11-22-12-19(16)25-18)23-15-8-6-14(7-9-15)13-4-2-1-3-5-13;23-20(24)18-10-16-17(11-21-12-19(16)25-18)22-15-8-6-14(7-9-15)13-4-2-1-3-5-13;3-2(4,5)1(6)7/h4-15,26H,1-3H3,(H,27,28);1-12,23H;1-12,22H,(H,23,24);(H,6,7). The summed E-state index contributed by atoms with van der Waals surface area (Å²) < 4.78 is 34.4. The van der Waals surface area contributed by atoms with Crippen molar-refractivity contribution in [2.45, 2.75) is 32.5 Å². The number of rotatable bonds is 13. The van der Waals surface area contributed by atoms with Crippen molar-refractivity contribution in [2.75, 3.05) is 16.0 Å². The van der Waals surface area contributed by atoms with Crippen LogP contribution in [0.15, 0.2) is 219 Å². The first-order valence-corrected chi connectivity index (χ1v) is 29.2. The molecular formula is C66H51ClF3N7O7S3. The van der Waals surface area contributed by atoms with Crippen LogP contribution >= 0.6 is 45.6 Å². The molecule has 0 aliphatic carbocycles. The number of carboxylic acids is 2. The van der Waals surface area contributed by atoms with Gasteiger partial charge in [0.2, 0.25) is 0 Å². The molecule has 0 fully saturated rings. The van der Waals surface area contributed by atoms with Crippen molar-refractivity contribution in [3.63, 3.8) is 0 Å². The van der Waals surface area contributed by atoms with Crippen LogP contribution in [-0.2, 0) is 9.63 Å². The molecule has 1 amide bonds. The Morgan fingerprint density at radius 3 is 1.06 bits per heavy atom. The average molecular weight is 1240 g/mol. The number of carbonyl (C=O) groups is 4. The van der Waals surface area contributed by atoms with Gasteiger partial charge >= 0.3 is 18.1 Å². The predicted molar refractivity (Wildman–Crippen MR) is 343 cm³/mol. The second-order valence-corrected chi connectivity index (χ2v) is 23.5. The van der Waals surface area contributed by atoms with Crippen molar-refractivity contribution in [1.29, 1.82) is 0 Å². The molecule has 0 spiro atoms. The Balaban J connectivity index is 0.000000148. The maximum absolute atomic E-state index is 12.4. The van der Waals surface area contributed by atoms with Crippen molar-refractivity contribution in [3.8, 4) is 33.4 Å². The third-order valence-electron chi connectivity index (χ3n) is 12.5. The molecule has 12 aromatic rings. The number of amides is 1. The monoisotopic (exact) mass is 1240 g/mol. The molecule has 0 bridgehead atoms. The minimum absolute atomic E-state index is 0.260. The van der Waals surface area contributed by atoms with Crippen LogP contribution in [-0.4, -0.2) is 60.0 Å². The molecule has 0 aliphatic heterocycles. The molecule has 6 N–H and O–H groups in total. The highest BCUT2D eigenvalue weighted by Gasteiger charge is 2.38. The molecule has 6 heterocycles. The summed E-state index contributed by atoms with van der Waals surface area (Å²) in [5.74, 6) is -3.93. The molecule has 0 unspecified atom stereocenters. The van der Waals surface area contributed by atoms with Crippen molar-refractivity contribution < 1.29 is 47.4 Å². The van der Waals surface area contributed by atoms with Crippen LogP contribution in [0.25, 0.3) is 63.6 Å². The lowest BCUT2D eigenvalue weighted by Crippen LogP contribution is -2.33. The largest absolute Gasteiger partial charge is 0.490 e. The van der Waals surface area contributed by atoms with Crippen LogP contribution in [0.1, 0.15) is 49.8 Å². The number of halogens is 4. The minimum Gasteiger partial charge on any atom is -0.477 e. The van der Waals surface area contributed by atoms with E-state index in [2.05, 4.69) is 109 Å². The highest BCUT2D eigenvalue weighted by atomic mass is 35.5. The number of hydroxylamine groups is 1. The number of hydrogen-bond donors (Lipinski definition) is 6. The number of carbonyl (C=O) groups excluding carboxylic acids is 2. The molecule has 0 radical (unpaired) electrons. The first-order valence-electron chi connectivity index (χ1n) is 26.4. The van der Waals surface area contributed by atoms with Gasteiger partial charge in [-0.15, -0.1) is 34.0 Å². The molecule has 0 saturated carbocycles. The van der Waals surface area contributed by atoms with E-state index >= 15 is 0 Å². The molecule has 0 atom stereocenters. The number of nitrogens with one attached hydrogen (secondary N) is 4. The van der Waals surface area contributed by atoms with Gasteiger partial charge in [-0.25, -0.2) is 15.1 Å². The van der Waals surface area contributed by atoms with Gasteiger partial charge in [0.25, 0.3) is 11.1 Å². The molecule has 0 aliphatic rings. The number of thiophene rings is 3. The van der Waals surface area contributed by atoms with Gasteiger partial charge in [0.05, 0.1) is 65.1 Å². The molecule has 0 saturated heterocycles. The fourth-order valence-electron chi connectivity index (χ4n) is 8.34. The minimum atomic E-state index is -5.08. The molecule has 14 nitrogen and oxygen atoms in total. The van der Waals surface area contributed by atoms with Crippen LogP contribution in [0.2, 0.25) is 0 Å². The normalized spacial score (nSPS) is 11.0. The highest BCUT2D eigenvalue weighted by Crippen LogP contribution is 2.36. The van der Waals surface area contributed by atoms with Crippen LogP contribution < -0.4 is 21.4 Å². The zero-order valence-corrected chi connectivity index (χ0v) is 49.5. The number of alkyl halides is 3. The maximum atomic E-state index is 12.4. The molecule has 21 heteroatoms. The molecular weight excluding hydrogens is 1190 g/mol. The first kappa shape index (κ1) is 61.7. The predicted octanol–water partition coefficient (Wildman–Crippen LogP) is 18.3. The number of aliphatic carboxylic acids is 1. The van der Waals surface area contributed by atoms with Gasteiger partial charge < -0.3 is 26.2 Å². The van der Waals surface area contributed by atoms with Crippen LogP contribution in [0, 0.1) is 0 Å². The van der Waals surface area contributed by atoms with Gasteiger partial charge in [0, 0.05) is 51.8 Å². The van der Waals surface area contributed by atoms with E-state index in [9.17, 15) is 32.7 Å². The van der Waals surface area contributed by atoms with Crippen LogP contribution in [0.4, 0.5) is 47.3 Å². The Hall–Kier alpha value is -9.83. The number of pyridine rings is 3. The Kier molecular flexibility index (Phi) is 19.8. The third-order valence-corrected chi connectivity index (χ3v) is 16.0. The number of carboxylic acid groups (broad SMARTS) is 2. The zero-order chi connectivity index (χ0) is 61.7. The SMILES string of the molecule is CC(C)(C)ONC(=O)c1cc2c(Nc3ccc(-c4ccccc4)cc3)cncc2s1.O=C(Cl)c1cc2c(Nc3ccc(-c4ccccc4)cc3)cncc2s1.O=C(O)C(F)(F)F.O=C(O)c1cc2c(Nc3ccc(-c4ccccc4)cc3)cncc2s1. The van der Waals surface area contributed by atoms with Crippen molar-refractivity contribution in [1.82, 2.24) is 20.4 Å². The van der Waals surface area contributed by atoms with E-state index in [1.165, 1.54) is 50.7 Å². The van der Waals surface area contributed by atoms with Crippen LogP contribution in [0.5, 0.6) is 0 Å². The number of fused-ring (bicyclic) bond motifs is 3. The number of aromatic carboxylic acids is 1. The van der Waals surface area contributed by atoms with Gasteiger partial charge in [-0.2, -0.15) is 13.2 Å². The quantitative estimate of drug-likeness (QED) is 0.0470. The number of nitrogens with zero attached hydrogens (tertiary/aromatic N) is 3. The second-order valence-electron chi connectivity index (χ2n) is 19.9. The van der Waals surface area contributed by atoms with E-state index in [0.717, 1.165) is 81.1 Å². The zero-order valence-electron chi connectivity index (χ0n) is 46.3.